The van der Waals surface area contributed by atoms with Crippen LogP contribution in [0, 0.1) is 12.7 Å². The highest BCUT2D eigenvalue weighted by atomic mass is 35.5. The van der Waals surface area contributed by atoms with Crippen molar-refractivity contribution in [3.63, 3.8) is 0 Å². The second-order valence-corrected chi connectivity index (χ2v) is 7.63. The minimum atomic E-state index is -1.03. The van der Waals surface area contributed by atoms with Gasteiger partial charge in [0.2, 0.25) is 5.95 Å². The molecule has 0 atom stereocenters. The Morgan fingerprint density at radius 2 is 2.17 bits per heavy atom. The van der Waals surface area contributed by atoms with Gasteiger partial charge in [-0.25, -0.2) is 19.2 Å². The van der Waals surface area contributed by atoms with Gasteiger partial charge in [-0.15, -0.1) is 11.3 Å². The van der Waals surface area contributed by atoms with Crippen molar-refractivity contribution >= 4 is 46.4 Å². The van der Waals surface area contributed by atoms with Crippen LogP contribution in [0.4, 0.5) is 21.8 Å². The number of halogens is 2. The van der Waals surface area contributed by atoms with Crippen molar-refractivity contribution in [2.45, 2.75) is 13.3 Å². The molecule has 0 radical (unpaired) electrons. The molecule has 0 saturated heterocycles. The Morgan fingerprint density at radius 3 is 2.83 bits per heavy atom. The van der Waals surface area contributed by atoms with E-state index < -0.39 is 11.8 Å². The average molecular weight is 452 g/mol. The summed E-state index contributed by atoms with van der Waals surface area (Å²) in [5, 5.41) is 16.0. The molecule has 1 aromatic carbocycles. The molecule has 0 aliphatic carbocycles. The molecule has 0 fully saturated rings. The fourth-order valence-corrected chi connectivity index (χ4v) is 3.67. The van der Waals surface area contributed by atoms with E-state index in [0.29, 0.717) is 40.9 Å². The molecule has 0 saturated carbocycles. The lowest BCUT2D eigenvalue weighted by Gasteiger charge is -2.12. The monoisotopic (exact) mass is 451 g/mol. The van der Waals surface area contributed by atoms with Crippen LogP contribution in [0.15, 0.2) is 24.4 Å². The first-order chi connectivity index (χ1) is 14.4. The minimum absolute atomic E-state index is 0.0194. The first-order valence-corrected chi connectivity index (χ1v) is 10.1. The highest BCUT2D eigenvalue weighted by Gasteiger charge is 2.19. The number of carboxylic acid groups (broad SMARTS) is 1. The lowest BCUT2D eigenvalue weighted by Crippen LogP contribution is -2.09. The third-order valence-corrected chi connectivity index (χ3v) is 5.47. The lowest BCUT2D eigenvalue weighted by atomic mass is 10.3. The number of hydrogen-bond donors (Lipinski definition) is 3. The first kappa shape index (κ1) is 21.9. The summed E-state index contributed by atoms with van der Waals surface area (Å²) in [6, 6.07) is 4.20. The smallest absolute Gasteiger partial charge is 0.347 e. The van der Waals surface area contributed by atoms with E-state index in [2.05, 4.69) is 25.6 Å². The van der Waals surface area contributed by atoms with Crippen LogP contribution in [0.2, 0.25) is 5.02 Å². The van der Waals surface area contributed by atoms with Gasteiger partial charge < -0.3 is 20.5 Å². The number of carboxylic acids is 1. The fraction of sp³-hybridized carbons (Fsp3) is 0.263. The standard InChI is InChI=1S/C19H19ClFN5O3S/c1-10-15(18(27)28)30-17(24-10)12-9-23-19(26-16(12)22-6-3-7-29-2)25-11-4-5-14(21)13(20)8-11/h4-5,8-9H,3,6-7H2,1-2H3,(H,27,28)(H2,22,23,25,26). The zero-order chi connectivity index (χ0) is 21.7. The molecule has 0 spiro atoms. The number of hydrogen-bond acceptors (Lipinski definition) is 8. The Hall–Kier alpha value is -2.82. The molecule has 158 valence electrons. The molecule has 3 aromatic rings. The predicted molar refractivity (Wildman–Crippen MR) is 115 cm³/mol. The Morgan fingerprint density at radius 1 is 1.37 bits per heavy atom. The summed E-state index contributed by atoms with van der Waals surface area (Å²) in [5.41, 5.74) is 1.53. The van der Waals surface area contributed by atoms with Crippen molar-refractivity contribution in [3.8, 4) is 10.6 Å². The van der Waals surface area contributed by atoms with Crippen molar-refractivity contribution in [1.82, 2.24) is 15.0 Å². The molecular weight excluding hydrogens is 433 g/mol. The number of ether oxygens (including phenoxy) is 1. The van der Waals surface area contributed by atoms with Gasteiger partial charge in [-0.1, -0.05) is 11.6 Å². The molecule has 3 N–H and O–H groups in total. The van der Waals surface area contributed by atoms with Gasteiger partial charge in [0.05, 0.1) is 16.3 Å². The number of aryl methyl sites for hydroxylation is 1. The number of anilines is 3. The normalized spacial score (nSPS) is 10.8. The van der Waals surface area contributed by atoms with Crippen LogP contribution in [-0.2, 0) is 4.74 Å². The number of thiazole rings is 1. The maximum Gasteiger partial charge on any atom is 0.347 e. The number of rotatable bonds is 9. The van der Waals surface area contributed by atoms with Crippen molar-refractivity contribution in [3.05, 3.63) is 45.8 Å². The van der Waals surface area contributed by atoms with Gasteiger partial charge in [0, 0.05) is 32.1 Å². The Bertz CT molecular complexity index is 1060. The number of nitrogens with one attached hydrogen (secondary N) is 2. The van der Waals surface area contributed by atoms with E-state index in [4.69, 9.17) is 16.3 Å². The van der Waals surface area contributed by atoms with E-state index in [9.17, 15) is 14.3 Å². The van der Waals surface area contributed by atoms with E-state index >= 15 is 0 Å². The summed E-state index contributed by atoms with van der Waals surface area (Å²) in [5.74, 6) is -0.796. The van der Waals surface area contributed by atoms with Crippen LogP contribution < -0.4 is 10.6 Å². The Kier molecular flexibility index (Phi) is 7.14. The molecule has 8 nitrogen and oxygen atoms in total. The molecule has 0 aliphatic rings. The van der Waals surface area contributed by atoms with Crippen LogP contribution in [-0.4, -0.2) is 46.3 Å². The lowest BCUT2D eigenvalue weighted by molar-refractivity contribution is 0.0701. The van der Waals surface area contributed by atoms with Crippen molar-refractivity contribution in [2.24, 2.45) is 0 Å². The van der Waals surface area contributed by atoms with E-state index in [-0.39, 0.29) is 15.8 Å². The molecule has 0 bridgehead atoms. The van der Waals surface area contributed by atoms with Crippen molar-refractivity contribution < 1.29 is 19.0 Å². The third kappa shape index (κ3) is 5.21. The zero-order valence-electron chi connectivity index (χ0n) is 16.2. The summed E-state index contributed by atoms with van der Waals surface area (Å²) in [6.45, 7) is 2.80. The van der Waals surface area contributed by atoms with Gasteiger partial charge >= 0.3 is 5.97 Å². The quantitative estimate of drug-likeness (QED) is 0.405. The molecule has 0 unspecified atom stereocenters. The Labute approximate surface area is 181 Å². The molecule has 3 rings (SSSR count). The van der Waals surface area contributed by atoms with E-state index in [1.54, 1.807) is 20.2 Å². The Balaban J connectivity index is 1.92. The van der Waals surface area contributed by atoms with Crippen LogP contribution >= 0.6 is 22.9 Å². The topological polar surface area (TPSA) is 109 Å². The van der Waals surface area contributed by atoms with Crippen LogP contribution in [0.25, 0.3) is 10.6 Å². The van der Waals surface area contributed by atoms with Gasteiger partial charge in [0.1, 0.15) is 21.5 Å². The van der Waals surface area contributed by atoms with E-state index in [1.807, 2.05) is 0 Å². The van der Waals surface area contributed by atoms with Gasteiger partial charge in [-0.3, -0.25) is 0 Å². The molecule has 0 amide bonds. The van der Waals surface area contributed by atoms with E-state index in [0.717, 1.165) is 17.8 Å². The average Bonchev–Trinajstić information content (AvgIpc) is 3.10. The van der Waals surface area contributed by atoms with Crippen molar-refractivity contribution in [1.29, 1.82) is 0 Å². The summed E-state index contributed by atoms with van der Waals surface area (Å²) in [7, 11) is 1.62. The van der Waals surface area contributed by atoms with Crippen LogP contribution in [0.1, 0.15) is 21.8 Å². The van der Waals surface area contributed by atoms with Crippen LogP contribution in [0.3, 0.4) is 0 Å². The predicted octanol–water partition coefficient (Wildman–Crippen LogP) is 4.59. The van der Waals surface area contributed by atoms with Crippen LogP contribution in [0.5, 0.6) is 0 Å². The summed E-state index contributed by atoms with van der Waals surface area (Å²) in [6.07, 6.45) is 2.30. The third-order valence-electron chi connectivity index (χ3n) is 4.00. The van der Waals surface area contributed by atoms with Gasteiger partial charge in [0.15, 0.2) is 0 Å². The number of aromatic nitrogens is 3. The largest absolute Gasteiger partial charge is 0.477 e. The second-order valence-electron chi connectivity index (χ2n) is 6.22. The number of aromatic carboxylic acids is 1. The first-order valence-electron chi connectivity index (χ1n) is 8.92. The molecule has 11 heteroatoms. The molecule has 30 heavy (non-hydrogen) atoms. The maximum absolute atomic E-state index is 13.4. The number of methoxy groups -OCH3 is 1. The minimum Gasteiger partial charge on any atom is -0.477 e. The highest BCUT2D eigenvalue weighted by molar-refractivity contribution is 7.17. The molecule has 2 heterocycles. The number of benzene rings is 1. The molecule has 0 aliphatic heterocycles. The summed E-state index contributed by atoms with van der Waals surface area (Å²) >= 11 is 6.88. The SMILES string of the molecule is COCCCNc1nc(Nc2ccc(F)c(Cl)c2)ncc1-c1nc(C)c(C(=O)O)s1. The highest BCUT2D eigenvalue weighted by Crippen LogP contribution is 2.33. The van der Waals surface area contributed by atoms with Gasteiger partial charge in [-0.05, 0) is 31.5 Å². The molecular formula is C19H19ClFN5O3S. The van der Waals surface area contributed by atoms with Gasteiger partial charge in [-0.2, -0.15) is 4.98 Å². The fourth-order valence-electron chi connectivity index (χ4n) is 2.57. The summed E-state index contributed by atoms with van der Waals surface area (Å²) in [4.78, 5) is 24.7. The molecule has 2 aromatic heterocycles. The summed E-state index contributed by atoms with van der Waals surface area (Å²) < 4.78 is 18.4. The number of nitrogens with zero attached hydrogens (tertiary/aromatic N) is 3. The zero-order valence-corrected chi connectivity index (χ0v) is 17.8. The van der Waals surface area contributed by atoms with Gasteiger partial charge in [0.25, 0.3) is 0 Å². The second kappa shape index (κ2) is 9.79. The van der Waals surface area contributed by atoms with E-state index in [1.165, 1.54) is 18.2 Å². The van der Waals surface area contributed by atoms with Crippen molar-refractivity contribution in [2.75, 3.05) is 30.9 Å². The maximum atomic E-state index is 13.4. The number of carbonyl (C=O) groups is 1.